The first kappa shape index (κ1) is 37.9. The van der Waals surface area contributed by atoms with E-state index in [1.165, 1.54) is 129 Å². The van der Waals surface area contributed by atoms with Crippen molar-refractivity contribution in [3.63, 3.8) is 0 Å². The molecule has 0 aromatic rings. The molecule has 0 N–H and O–H groups in total. The topological polar surface area (TPSA) is 55.8 Å². The van der Waals surface area contributed by atoms with E-state index in [9.17, 15) is 9.59 Å². The smallest absolute Gasteiger partial charge is 0.306 e. The summed E-state index contributed by atoms with van der Waals surface area (Å²) >= 11 is 0. The van der Waals surface area contributed by atoms with Crippen LogP contribution >= 0.6 is 0 Å². The molecule has 3 unspecified atom stereocenters. The minimum absolute atomic E-state index is 0.00648. The lowest BCUT2D eigenvalue weighted by atomic mass is 10.0. The summed E-state index contributed by atoms with van der Waals surface area (Å²) in [5, 5.41) is 0. The molecule has 5 heteroatoms. The third-order valence-corrected chi connectivity index (χ3v) is 9.02. The van der Waals surface area contributed by atoms with Gasteiger partial charge in [0, 0.05) is 12.8 Å². The number of hydrogen-bond acceptors (Lipinski definition) is 5. The van der Waals surface area contributed by atoms with Crippen molar-refractivity contribution in [2.45, 2.75) is 180 Å². The van der Waals surface area contributed by atoms with E-state index in [1.54, 1.807) is 0 Å². The van der Waals surface area contributed by atoms with Crippen molar-refractivity contribution < 1.29 is 19.1 Å². The Morgan fingerprint density at radius 1 is 0.634 bits per heavy atom. The SMILES string of the molecule is CCCCCCCC(CCCCCCCCCCC1CC1CCCCCCCC(=O)OC)OC(=O)CCCN(C)C. The fraction of sp³-hybridized carbons (Fsp3) is 0.944. The molecule has 0 bridgehead atoms. The van der Waals surface area contributed by atoms with Crippen LogP contribution in [0.25, 0.3) is 0 Å². The Balaban J connectivity index is 1.97. The van der Waals surface area contributed by atoms with Crippen LogP contribution in [0.5, 0.6) is 0 Å². The van der Waals surface area contributed by atoms with Gasteiger partial charge in [-0.3, -0.25) is 9.59 Å². The van der Waals surface area contributed by atoms with Crippen molar-refractivity contribution >= 4 is 11.9 Å². The van der Waals surface area contributed by atoms with Gasteiger partial charge in [-0.2, -0.15) is 0 Å². The summed E-state index contributed by atoms with van der Waals surface area (Å²) in [4.78, 5) is 25.6. The molecule has 0 heterocycles. The highest BCUT2D eigenvalue weighted by Gasteiger charge is 2.35. The van der Waals surface area contributed by atoms with Gasteiger partial charge in [-0.05, 0) is 77.4 Å². The van der Waals surface area contributed by atoms with E-state index in [0.717, 1.165) is 50.5 Å². The molecule has 242 valence electrons. The predicted octanol–water partition coefficient (Wildman–Crippen LogP) is 10.0. The first-order valence-corrected chi connectivity index (χ1v) is 17.9. The Labute approximate surface area is 255 Å². The molecule has 0 radical (unpaired) electrons. The number of unbranched alkanes of at least 4 members (excludes halogenated alkanes) is 15. The third kappa shape index (κ3) is 24.1. The van der Waals surface area contributed by atoms with Crippen LogP contribution < -0.4 is 0 Å². The fourth-order valence-electron chi connectivity index (χ4n) is 6.19. The molecule has 3 atom stereocenters. The first-order chi connectivity index (χ1) is 20.0. The molecule has 0 spiro atoms. The van der Waals surface area contributed by atoms with Gasteiger partial charge in [0.25, 0.3) is 0 Å². The number of hydrogen-bond donors (Lipinski definition) is 0. The highest BCUT2D eigenvalue weighted by atomic mass is 16.5. The van der Waals surface area contributed by atoms with Crippen molar-refractivity contribution in [3.05, 3.63) is 0 Å². The van der Waals surface area contributed by atoms with E-state index in [-0.39, 0.29) is 18.0 Å². The Morgan fingerprint density at radius 3 is 1.61 bits per heavy atom. The number of nitrogens with zero attached hydrogens (tertiary/aromatic N) is 1. The largest absolute Gasteiger partial charge is 0.469 e. The molecule has 0 saturated heterocycles. The third-order valence-electron chi connectivity index (χ3n) is 9.02. The molecule has 1 aliphatic rings. The van der Waals surface area contributed by atoms with Gasteiger partial charge in [0.2, 0.25) is 0 Å². The molecular formula is C36H69NO4. The summed E-state index contributed by atoms with van der Waals surface area (Å²) in [5.41, 5.74) is 0. The minimum atomic E-state index is -0.0688. The average molecular weight is 580 g/mol. The Hall–Kier alpha value is -1.10. The second-order valence-corrected chi connectivity index (χ2v) is 13.3. The van der Waals surface area contributed by atoms with Crippen molar-refractivity contribution in [2.75, 3.05) is 27.7 Å². The molecule has 41 heavy (non-hydrogen) atoms. The molecule has 0 amide bonds. The number of methoxy groups -OCH3 is 1. The van der Waals surface area contributed by atoms with Crippen LogP contribution in [0.3, 0.4) is 0 Å². The van der Waals surface area contributed by atoms with Crippen LogP contribution in [0.4, 0.5) is 0 Å². The van der Waals surface area contributed by atoms with Gasteiger partial charge in [-0.25, -0.2) is 0 Å². The van der Waals surface area contributed by atoms with Crippen LogP contribution in [-0.4, -0.2) is 50.7 Å². The summed E-state index contributed by atoms with van der Waals surface area (Å²) in [6.07, 6.45) is 31.8. The summed E-state index contributed by atoms with van der Waals surface area (Å²) in [7, 11) is 5.58. The maximum atomic E-state index is 12.4. The van der Waals surface area contributed by atoms with Gasteiger partial charge in [0.15, 0.2) is 0 Å². The van der Waals surface area contributed by atoms with E-state index in [2.05, 4.69) is 25.9 Å². The van der Waals surface area contributed by atoms with Gasteiger partial charge in [0.05, 0.1) is 7.11 Å². The number of ether oxygens (including phenoxy) is 2. The lowest BCUT2D eigenvalue weighted by molar-refractivity contribution is -0.150. The van der Waals surface area contributed by atoms with Crippen molar-refractivity contribution in [1.29, 1.82) is 0 Å². The highest BCUT2D eigenvalue weighted by molar-refractivity contribution is 5.69. The zero-order valence-corrected chi connectivity index (χ0v) is 27.9. The molecule has 1 rings (SSSR count). The first-order valence-electron chi connectivity index (χ1n) is 17.9. The molecule has 1 saturated carbocycles. The van der Waals surface area contributed by atoms with Crippen LogP contribution in [0.1, 0.15) is 174 Å². The maximum absolute atomic E-state index is 12.4. The second kappa shape index (κ2) is 26.5. The predicted molar refractivity (Wildman–Crippen MR) is 173 cm³/mol. The van der Waals surface area contributed by atoms with E-state index >= 15 is 0 Å². The van der Waals surface area contributed by atoms with Crippen molar-refractivity contribution in [1.82, 2.24) is 4.90 Å². The monoisotopic (exact) mass is 580 g/mol. The fourth-order valence-corrected chi connectivity index (χ4v) is 6.19. The molecule has 0 aromatic carbocycles. The van der Waals surface area contributed by atoms with Crippen LogP contribution in [0, 0.1) is 11.8 Å². The molecule has 5 nitrogen and oxygen atoms in total. The van der Waals surface area contributed by atoms with E-state index in [0.29, 0.717) is 12.8 Å². The summed E-state index contributed by atoms with van der Waals surface area (Å²) in [6, 6.07) is 0. The minimum Gasteiger partial charge on any atom is -0.469 e. The Morgan fingerprint density at radius 2 is 1.10 bits per heavy atom. The molecule has 0 aromatic heterocycles. The van der Waals surface area contributed by atoms with Crippen molar-refractivity contribution in [2.24, 2.45) is 11.8 Å². The van der Waals surface area contributed by atoms with Crippen molar-refractivity contribution in [3.8, 4) is 0 Å². The van der Waals surface area contributed by atoms with Gasteiger partial charge in [-0.15, -0.1) is 0 Å². The highest BCUT2D eigenvalue weighted by Crippen LogP contribution is 2.45. The standard InChI is InChI=1S/C36H69NO4/c1-5-6-7-13-20-26-34(41-36(39)29-23-30-37(2)3)27-21-16-11-9-8-10-14-18-24-32-31-33(32)25-19-15-12-17-22-28-35(38)40-4/h32-34H,5-31H2,1-4H3. The Bertz CT molecular complexity index is 623. The van der Waals surface area contributed by atoms with Gasteiger partial charge < -0.3 is 14.4 Å². The van der Waals surface area contributed by atoms with E-state index < -0.39 is 0 Å². The van der Waals surface area contributed by atoms with E-state index in [1.807, 2.05) is 0 Å². The zero-order chi connectivity index (χ0) is 30.0. The molecular weight excluding hydrogens is 510 g/mol. The lowest BCUT2D eigenvalue weighted by Crippen LogP contribution is -2.20. The quantitative estimate of drug-likeness (QED) is 0.0626. The second-order valence-electron chi connectivity index (χ2n) is 13.3. The van der Waals surface area contributed by atoms with Crippen LogP contribution in [0.2, 0.25) is 0 Å². The van der Waals surface area contributed by atoms with Crippen LogP contribution in [-0.2, 0) is 19.1 Å². The maximum Gasteiger partial charge on any atom is 0.306 e. The summed E-state index contributed by atoms with van der Waals surface area (Å²) in [5.74, 6) is 1.98. The Kier molecular flexibility index (Phi) is 24.5. The normalized spacial score (nSPS) is 17.1. The molecule has 1 aliphatic carbocycles. The average Bonchev–Trinajstić information content (AvgIpc) is 3.70. The lowest BCUT2D eigenvalue weighted by Gasteiger charge is -2.18. The zero-order valence-electron chi connectivity index (χ0n) is 27.9. The van der Waals surface area contributed by atoms with E-state index in [4.69, 9.17) is 9.47 Å². The summed E-state index contributed by atoms with van der Waals surface area (Å²) in [6.45, 7) is 3.20. The summed E-state index contributed by atoms with van der Waals surface area (Å²) < 4.78 is 10.6. The number of rotatable bonds is 30. The molecule has 1 fully saturated rings. The van der Waals surface area contributed by atoms with Crippen LogP contribution in [0.15, 0.2) is 0 Å². The number of carbonyl (C=O) groups is 2. The van der Waals surface area contributed by atoms with Gasteiger partial charge in [0.1, 0.15) is 6.10 Å². The van der Waals surface area contributed by atoms with Gasteiger partial charge in [-0.1, -0.05) is 116 Å². The van der Waals surface area contributed by atoms with Gasteiger partial charge >= 0.3 is 11.9 Å². The number of esters is 2. The molecule has 0 aliphatic heterocycles. The number of carbonyl (C=O) groups excluding carboxylic acids is 2.